The Labute approximate surface area is 104 Å². The summed E-state index contributed by atoms with van der Waals surface area (Å²) in [6.45, 7) is 7.68. The minimum Gasteiger partial charge on any atom is -0.382 e. The molecule has 0 aromatic heterocycles. The van der Waals surface area contributed by atoms with Gasteiger partial charge < -0.3 is 5.32 Å². The standard InChI is InChI=1S/C13H21NO2S/c1-5-17(15,16)9-12(4)14-13-7-6-10(2)11(3)8-13/h6-8,12,14H,5,9H2,1-4H3. The fourth-order valence-corrected chi connectivity index (χ4v) is 2.74. The van der Waals surface area contributed by atoms with Crippen molar-refractivity contribution in [3.63, 3.8) is 0 Å². The lowest BCUT2D eigenvalue weighted by atomic mass is 10.1. The van der Waals surface area contributed by atoms with E-state index >= 15 is 0 Å². The molecule has 1 aromatic rings. The lowest BCUT2D eigenvalue weighted by Crippen LogP contribution is -2.26. The summed E-state index contributed by atoms with van der Waals surface area (Å²) in [6.07, 6.45) is 0. The molecule has 0 aliphatic rings. The zero-order chi connectivity index (χ0) is 13.1. The van der Waals surface area contributed by atoms with E-state index in [1.807, 2.05) is 32.0 Å². The first-order valence-electron chi connectivity index (χ1n) is 5.88. The molecule has 0 spiro atoms. The highest BCUT2D eigenvalue weighted by atomic mass is 32.2. The van der Waals surface area contributed by atoms with Crippen LogP contribution >= 0.6 is 0 Å². The van der Waals surface area contributed by atoms with Crippen LogP contribution in [0.2, 0.25) is 0 Å². The minimum atomic E-state index is -2.92. The largest absolute Gasteiger partial charge is 0.382 e. The average molecular weight is 255 g/mol. The van der Waals surface area contributed by atoms with Crippen molar-refractivity contribution in [1.29, 1.82) is 0 Å². The second-order valence-electron chi connectivity index (χ2n) is 4.54. The van der Waals surface area contributed by atoms with E-state index in [-0.39, 0.29) is 17.5 Å². The quantitative estimate of drug-likeness (QED) is 0.879. The number of rotatable bonds is 5. The van der Waals surface area contributed by atoms with Crippen molar-refractivity contribution in [2.75, 3.05) is 16.8 Å². The van der Waals surface area contributed by atoms with Gasteiger partial charge in [-0.05, 0) is 44.0 Å². The maximum absolute atomic E-state index is 11.5. The van der Waals surface area contributed by atoms with Gasteiger partial charge >= 0.3 is 0 Å². The number of aryl methyl sites for hydroxylation is 2. The summed E-state index contributed by atoms with van der Waals surface area (Å²) >= 11 is 0. The predicted octanol–water partition coefficient (Wildman–Crippen LogP) is 2.54. The van der Waals surface area contributed by atoms with E-state index in [1.54, 1.807) is 6.92 Å². The summed E-state index contributed by atoms with van der Waals surface area (Å²) in [5.41, 5.74) is 3.43. The Bertz CT molecular complexity index is 480. The monoisotopic (exact) mass is 255 g/mol. The van der Waals surface area contributed by atoms with Crippen molar-refractivity contribution in [2.24, 2.45) is 0 Å². The van der Waals surface area contributed by atoms with Crippen LogP contribution in [0.15, 0.2) is 18.2 Å². The van der Waals surface area contributed by atoms with Crippen molar-refractivity contribution in [3.05, 3.63) is 29.3 Å². The van der Waals surface area contributed by atoms with E-state index in [9.17, 15) is 8.42 Å². The maximum Gasteiger partial charge on any atom is 0.152 e. The third-order valence-electron chi connectivity index (χ3n) is 2.86. The Morgan fingerprint density at radius 2 is 1.88 bits per heavy atom. The van der Waals surface area contributed by atoms with E-state index in [1.165, 1.54) is 11.1 Å². The van der Waals surface area contributed by atoms with Crippen LogP contribution in [-0.2, 0) is 9.84 Å². The van der Waals surface area contributed by atoms with Gasteiger partial charge in [-0.15, -0.1) is 0 Å². The molecule has 0 heterocycles. The molecular weight excluding hydrogens is 234 g/mol. The zero-order valence-electron chi connectivity index (χ0n) is 10.9. The van der Waals surface area contributed by atoms with Crippen molar-refractivity contribution >= 4 is 15.5 Å². The van der Waals surface area contributed by atoms with E-state index in [0.717, 1.165) is 5.69 Å². The van der Waals surface area contributed by atoms with Gasteiger partial charge in [-0.25, -0.2) is 8.42 Å². The van der Waals surface area contributed by atoms with Gasteiger partial charge in [0.2, 0.25) is 0 Å². The Kier molecular flexibility index (Phi) is 4.57. The lowest BCUT2D eigenvalue weighted by molar-refractivity contribution is 0.593. The molecule has 0 saturated carbocycles. The third-order valence-corrected chi connectivity index (χ3v) is 4.75. The van der Waals surface area contributed by atoms with Crippen LogP contribution in [-0.4, -0.2) is 26.0 Å². The van der Waals surface area contributed by atoms with Crippen LogP contribution in [0.25, 0.3) is 0 Å². The summed E-state index contributed by atoms with van der Waals surface area (Å²) in [4.78, 5) is 0. The van der Waals surface area contributed by atoms with Gasteiger partial charge in [0.25, 0.3) is 0 Å². The molecular formula is C13H21NO2S. The summed E-state index contributed by atoms with van der Waals surface area (Å²) in [5, 5.41) is 3.22. The van der Waals surface area contributed by atoms with Gasteiger partial charge in [0.15, 0.2) is 9.84 Å². The Morgan fingerprint density at radius 3 is 2.41 bits per heavy atom. The smallest absolute Gasteiger partial charge is 0.152 e. The first-order chi connectivity index (χ1) is 7.84. The molecule has 1 rings (SSSR count). The molecule has 0 aliphatic carbocycles. The van der Waals surface area contributed by atoms with Gasteiger partial charge in [-0.2, -0.15) is 0 Å². The molecule has 3 nitrogen and oxygen atoms in total. The van der Waals surface area contributed by atoms with Crippen molar-refractivity contribution < 1.29 is 8.42 Å². The summed E-state index contributed by atoms with van der Waals surface area (Å²) in [5.74, 6) is 0.377. The van der Waals surface area contributed by atoms with Gasteiger partial charge in [0, 0.05) is 17.5 Å². The molecule has 17 heavy (non-hydrogen) atoms. The zero-order valence-corrected chi connectivity index (χ0v) is 11.8. The number of hydrogen-bond acceptors (Lipinski definition) is 3. The summed E-state index contributed by atoms with van der Waals surface area (Å²) in [6, 6.07) is 6.00. The highest BCUT2D eigenvalue weighted by Crippen LogP contribution is 2.15. The maximum atomic E-state index is 11.5. The van der Waals surface area contributed by atoms with Crippen LogP contribution < -0.4 is 5.32 Å². The Balaban J connectivity index is 2.68. The first-order valence-corrected chi connectivity index (χ1v) is 7.70. The van der Waals surface area contributed by atoms with Crippen LogP contribution in [0.5, 0.6) is 0 Å². The third kappa shape index (κ3) is 4.38. The molecule has 0 radical (unpaired) electrons. The Morgan fingerprint density at radius 1 is 1.24 bits per heavy atom. The van der Waals surface area contributed by atoms with Gasteiger partial charge in [-0.1, -0.05) is 13.0 Å². The number of nitrogens with one attached hydrogen (secondary N) is 1. The van der Waals surface area contributed by atoms with Crippen LogP contribution in [0.4, 0.5) is 5.69 Å². The van der Waals surface area contributed by atoms with Crippen LogP contribution in [0, 0.1) is 13.8 Å². The normalized spacial score (nSPS) is 13.4. The van der Waals surface area contributed by atoms with Gasteiger partial charge in [0.05, 0.1) is 5.75 Å². The predicted molar refractivity (Wildman–Crippen MR) is 73.3 cm³/mol. The van der Waals surface area contributed by atoms with E-state index in [4.69, 9.17) is 0 Å². The molecule has 0 amide bonds. The Hall–Kier alpha value is -1.03. The van der Waals surface area contributed by atoms with E-state index in [2.05, 4.69) is 12.2 Å². The summed E-state index contributed by atoms with van der Waals surface area (Å²) < 4.78 is 23.0. The molecule has 0 fully saturated rings. The average Bonchev–Trinajstić information content (AvgIpc) is 2.23. The molecule has 96 valence electrons. The first kappa shape index (κ1) is 14.0. The summed E-state index contributed by atoms with van der Waals surface area (Å²) in [7, 11) is -2.92. The minimum absolute atomic E-state index is 0.0675. The number of hydrogen-bond donors (Lipinski definition) is 1. The van der Waals surface area contributed by atoms with Crippen molar-refractivity contribution in [1.82, 2.24) is 0 Å². The molecule has 1 atom stereocenters. The number of anilines is 1. The molecule has 0 aliphatic heterocycles. The fourth-order valence-electron chi connectivity index (χ4n) is 1.66. The van der Waals surface area contributed by atoms with Gasteiger partial charge in [-0.3, -0.25) is 0 Å². The molecule has 1 unspecified atom stereocenters. The molecule has 1 N–H and O–H groups in total. The highest BCUT2D eigenvalue weighted by Gasteiger charge is 2.13. The highest BCUT2D eigenvalue weighted by molar-refractivity contribution is 7.91. The van der Waals surface area contributed by atoms with Crippen LogP contribution in [0.1, 0.15) is 25.0 Å². The van der Waals surface area contributed by atoms with Crippen molar-refractivity contribution in [3.8, 4) is 0 Å². The van der Waals surface area contributed by atoms with E-state index in [0.29, 0.717) is 0 Å². The SMILES string of the molecule is CCS(=O)(=O)CC(C)Nc1ccc(C)c(C)c1. The molecule has 0 saturated heterocycles. The van der Waals surface area contributed by atoms with E-state index < -0.39 is 9.84 Å². The topological polar surface area (TPSA) is 46.2 Å². The molecule has 0 bridgehead atoms. The second kappa shape index (κ2) is 5.54. The van der Waals surface area contributed by atoms with Gasteiger partial charge in [0.1, 0.15) is 0 Å². The van der Waals surface area contributed by atoms with Crippen LogP contribution in [0.3, 0.4) is 0 Å². The molecule has 1 aromatic carbocycles. The number of sulfone groups is 1. The second-order valence-corrected chi connectivity index (χ2v) is 6.94. The lowest BCUT2D eigenvalue weighted by Gasteiger charge is -2.15. The fraction of sp³-hybridized carbons (Fsp3) is 0.538. The number of benzene rings is 1. The van der Waals surface area contributed by atoms with Crippen molar-refractivity contribution in [2.45, 2.75) is 33.7 Å². The molecule has 4 heteroatoms.